The number of aliphatic hydroxyl groups excluding tert-OH is 1. The second-order valence-electron chi connectivity index (χ2n) is 7.73. The Balaban J connectivity index is 1.40. The van der Waals surface area contributed by atoms with E-state index in [0.29, 0.717) is 22.9 Å². The largest absolute Gasteiger partial charge is 0.392 e. The highest BCUT2D eigenvalue weighted by Crippen LogP contribution is 2.25. The lowest BCUT2D eigenvalue weighted by atomic mass is 9.90. The van der Waals surface area contributed by atoms with Gasteiger partial charge in [-0.3, -0.25) is 0 Å². The van der Waals surface area contributed by atoms with Crippen LogP contribution < -0.4 is 16.0 Å². The zero-order valence-electron chi connectivity index (χ0n) is 17.9. The van der Waals surface area contributed by atoms with Crippen molar-refractivity contribution in [3.63, 3.8) is 0 Å². The minimum Gasteiger partial charge on any atom is -0.392 e. The average Bonchev–Trinajstić information content (AvgIpc) is 2.84. The van der Waals surface area contributed by atoms with Gasteiger partial charge >= 0.3 is 6.03 Å². The summed E-state index contributed by atoms with van der Waals surface area (Å²) in [6, 6.07) is 12.0. The second kappa shape index (κ2) is 10.7. The SMILES string of the molecule is O=C(Nc1ccnc(C#Cc2ccc(C3CCNCC3)cc2)c1)Nc1cc(F)ncc1CO. The summed E-state index contributed by atoms with van der Waals surface area (Å²) in [6.07, 6.45) is 5.02. The van der Waals surface area contributed by atoms with Gasteiger partial charge in [-0.1, -0.05) is 18.1 Å². The van der Waals surface area contributed by atoms with Crippen LogP contribution in [0.2, 0.25) is 0 Å². The van der Waals surface area contributed by atoms with Crippen LogP contribution >= 0.6 is 0 Å². The maximum Gasteiger partial charge on any atom is 0.323 e. The summed E-state index contributed by atoms with van der Waals surface area (Å²) in [4.78, 5) is 20.0. The molecule has 1 aliphatic heterocycles. The van der Waals surface area contributed by atoms with Crippen molar-refractivity contribution in [2.75, 3.05) is 23.7 Å². The van der Waals surface area contributed by atoms with Crippen molar-refractivity contribution in [3.8, 4) is 11.8 Å². The molecular weight excluding hydrogens is 421 g/mol. The number of nitrogens with zero attached hydrogens (tertiary/aromatic N) is 2. The summed E-state index contributed by atoms with van der Waals surface area (Å²) in [7, 11) is 0. The number of benzene rings is 1. The fraction of sp³-hybridized carbons (Fsp3) is 0.240. The number of hydrogen-bond acceptors (Lipinski definition) is 5. The lowest BCUT2D eigenvalue weighted by Crippen LogP contribution is -2.26. The van der Waals surface area contributed by atoms with Crippen LogP contribution in [0.3, 0.4) is 0 Å². The maximum absolute atomic E-state index is 13.4. The van der Waals surface area contributed by atoms with Crippen molar-refractivity contribution in [2.45, 2.75) is 25.4 Å². The van der Waals surface area contributed by atoms with Gasteiger partial charge in [0.1, 0.15) is 5.69 Å². The molecule has 2 aromatic heterocycles. The first-order valence-electron chi connectivity index (χ1n) is 10.7. The topological polar surface area (TPSA) is 99.2 Å². The number of anilines is 2. The molecule has 0 unspecified atom stereocenters. The third-order valence-electron chi connectivity index (χ3n) is 5.45. The third kappa shape index (κ3) is 6.13. The van der Waals surface area contributed by atoms with Crippen LogP contribution in [0.4, 0.5) is 20.6 Å². The van der Waals surface area contributed by atoms with Crippen molar-refractivity contribution < 1.29 is 14.3 Å². The molecule has 1 aromatic carbocycles. The van der Waals surface area contributed by atoms with Gasteiger partial charge in [0.05, 0.1) is 12.3 Å². The number of halogens is 1. The standard InChI is InChI=1S/C25H24FN5O2/c26-24-14-23(20(16-32)15-29-24)31-25(33)30-22-9-12-28-21(13-22)6-3-17-1-4-18(5-2-17)19-7-10-27-11-8-19/h1-2,4-5,9,12-15,19,27,32H,7-8,10-11,16H2,(H2,28,29,30,31,33). The molecule has 3 heterocycles. The Kier molecular flexibility index (Phi) is 7.25. The summed E-state index contributed by atoms with van der Waals surface area (Å²) >= 11 is 0. The zero-order chi connectivity index (χ0) is 23.0. The average molecular weight is 445 g/mol. The molecule has 1 saturated heterocycles. The highest BCUT2D eigenvalue weighted by atomic mass is 19.1. The molecule has 0 saturated carbocycles. The van der Waals surface area contributed by atoms with Crippen molar-refractivity contribution >= 4 is 17.4 Å². The Morgan fingerprint density at radius 2 is 1.88 bits per heavy atom. The van der Waals surface area contributed by atoms with Gasteiger partial charge in [0.15, 0.2) is 0 Å². The smallest absolute Gasteiger partial charge is 0.323 e. The van der Waals surface area contributed by atoms with Crippen LogP contribution in [0.15, 0.2) is 54.9 Å². The molecule has 4 N–H and O–H groups in total. The molecule has 33 heavy (non-hydrogen) atoms. The van der Waals surface area contributed by atoms with Crippen LogP contribution in [-0.4, -0.2) is 34.2 Å². The maximum atomic E-state index is 13.4. The van der Waals surface area contributed by atoms with Crippen LogP contribution in [0.25, 0.3) is 0 Å². The normalized spacial score (nSPS) is 13.6. The van der Waals surface area contributed by atoms with E-state index in [0.717, 1.165) is 37.6 Å². The van der Waals surface area contributed by atoms with Gasteiger partial charge in [-0.2, -0.15) is 4.39 Å². The first-order valence-corrected chi connectivity index (χ1v) is 10.7. The minimum absolute atomic E-state index is 0.143. The van der Waals surface area contributed by atoms with Crippen molar-refractivity contribution in [1.82, 2.24) is 15.3 Å². The summed E-state index contributed by atoms with van der Waals surface area (Å²) in [5.41, 5.74) is 3.66. The first kappa shape index (κ1) is 22.4. The van der Waals surface area contributed by atoms with Gasteiger partial charge in [-0.05, 0) is 67.6 Å². The molecule has 2 amide bonds. The Labute approximate surface area is 191 Å². The van der Waals surface area contributed by atoms with E-state index in [-0.39, 0.29) is 12.3 Å². The third-order valence-corrected chi connectivity index (χ3v) is 5.45. The molecule has 0 radical (unpaired) electrons. The van der Waals surface area contributed by atoms with E-state index in [1.807, 2.05) is 12.1 Å². The van der Waals surface area contributed by atoms with E-state index in [1.165, 1.54) is 11.8 Å². The predicted octanol–water partition coefficient (Wildman–Crippen LogP) is 3.62. The molecule has 0 spiro atoms. The van der Waals surface area contributed by atoms with Crippen LogP contribution in [0, 0.1) is 17.8 Å². The van der Waals surface area contributed by atoms with Crippen molar-refractivity contribution in [2.24, 2.45) is 0 Å². The molecule has 1 fully saturated rings. The van der Waals surface area contributed by atoms with Crippen molar-refractivity contribution in [1.29, 1.82) is 0 Å². The van der Waals surface area contributed by atoms with Gasteiger partial charge in [-0.15, -0.1) is 0 Å². The quantitative estimate of drug-likeness (QED) is 0.363. The summed E-state index contributed by atoms with van der Waals surface area (Å²) < 4.78 is 13.4. The summed E-state index contributed by atoms with van der Waals surface area (Å²) in [6.45, 7) is 1.74. The number of piperidine rings is 1. The highest BCUT2D eigenvalue weighted by molar-refractivity contribution is 6.00. The number of amides is 2. The van der Waals surface area contributed by atoms with E-state index in [1.54, 1.807) is 18.3 Å². The molecule has 7 nitrogen and oxygen atoms in total. The monoisotopic (exact) mass is 445 g/mol. The van der Waals surface area contributed by atoms with Gasteiger partial charge in [0, 0.05) is 35.3 Å². The Morgan fingerprint density at radius 1 is 1.09 bits per heavy atom. The molecule has 168 valence electrons. The highest BCUT2D eigenvalue weighted by Gasteiger charge is 2.14. The zero-order valence-corrected chi connectivity index (χ0v) is 17.9. The summed E-state index contributed by atoms with van der Waals surface area (Å²) in [5, 5.41) is 17.9. The Bertz CT molecular complexity index is 1180. The molecule has 4 rings (SSSR count). The van der Waals surface area contributed by atoms with Crippen molar-refractivity contribution in [3.05, 3.63) is 83.2 Å². The molecule has 3 aromatic rings. The molecule has 0 aliphatic carbocycles. The Morgan fingerprint density at radius 3 is 2.64 bits per heavy atom. The number of urea groups is 1. The van der Waals surface area contributed by atoms with E-state index in [4.69, 9.17) is 0 Å². The lowest BCUT2D eigenvalue weighted by molar-refractivity contribution is 0.262. The molecule has 0 bridgehead atoms. The van der Waals surface area contributed by atoms with Gasteiger partial charge in [-0.25, -0.2) is 14.8 Å². The van der Waals surface area contributed by atoms with Gasteiger partial charge in [0.25, 0.3) is 0 Å². The second-order valence-corrected chi connectivity index (χ2v) is 7.73. The Hall–Kier alpha value is -3.80. The molecule has 8 heteroatoms. The van der Waals surface area contributed by atoms with E-state index in [2.05, 4.69) is 49.9 Å². The van der Waals surface area contributed by atoms with E-state index < -0.39 is 12.0 Å². The number of carbonyl (C=O) groups excluding carboxylic acids is 1. The number of nitrogens with one attached hydrogen (secondary N) is 3. The minimum atomic E-state index is -0.757. The number of aromatic nitrogens is 2. The molecule has 0 atom stereocenters. The molecule has 1 aliphatic rings. The fourth-order valence-corrected chi connectivity index (χ4v) is 3.69. The number of aliphatic hydroxyl groups is 1. The van der Waals surface area contributed by atoms with Crippen LogP contribution in [0.1, 0.15) is 41.1 Å². The molecular formula is C25H24FN5O2. The van der Waals surface area contributed by atoms with Crippen LogP contribution in [0.5, 0.6) is 0 Å². The van der Waals surface area contributed by atoms with Gasteiger partial charge < -0.3 is 21.1 Å². The first-order chi connectivity index (χ1) is 16.1. The number of pyridine rings is 2. The summed E-state index contributed by atoms with van der Waals surface area (Å²) in [5.74, 6) is 5.96. The van der Waals surface area contributed by atoms with Gasteiger partial charge in [0.2, 0.25) is 5.95 Å². The van der Waals surface area contributed by atoms with Crippen LogP contribution in [-0.2, 0) is 6.61 Å². The number of hydrogen-bond donors (Lipinski definition) is 4. The number of carbonyl (C=O) groups is 1. The number of rotatable bonds is 4. The van der Waals surface area contributed by atoms with E-state index in [9.17, 15) is 14.3 Å². The van der Waals surface area contributed by atoms with E-state index >= 15 is 0 Å². The predicted molar refractivity (Wildman–Crippen MR) is 124 cm³/mol. The lowest BCUT2D eigenvalue weighted by Gasteiger charge is -2.22. The fourth-order valence-electron chi connectivity index (χ4n) is 3.69.